The Bertz CT molecular complexity index is 536. The van der Waals surface area contributed by atoms with E-state index in [-0.39, 0.29) is 13.2 Å². The maximum absolute atomic E-state index is 11.4. The molecule has 0 aliphatic heterocycles. The predicted molar refractivity (Wildman–Crippen MR) is 106 cm³/mol. The number of carbonyl (C=O) groups is 1. The largest absolute Gasteiger partial charge is 0.445 e. The summed E-state index contributed by atoms with van der Waals surface area (Å²) in [7, 11) is -3.38. The summed E-state index contributed by atoms with van der Waals surface area (Å²) in [6.07, 6.45) is 1.27. The second-order valence-electron chi connectivity index (χ2n) is 4.62. The van der Waals surface area contributed by atoms with Crippen LogP contribution in [0.15, 0.2) is 30.3 Å². The van der Waals surface area contributed by atoms with Gasteiger partial charge < -0.3 is 15.4 Å². The van der Waals surface area contributed by atoms with Gasteiger partial charge >= 0.3 is 6.09 Å². The van der Waals surface area contributed by atoms with Gasteiger partial charge in [-0.15, -0.1) is 0 Å². The summed E-state index contributed by atoms with van der Waals surface area (Å²) in [5.41, 5.74) is 0.935. The van der Waals surface area contributed by atoms with Gasteiger partial charge in [-0.1, -0.05) is 58.0 Å². The Balaban J connectivity index is 0. The van der Waals surface area contributed by atoms with Crippen LogP contribution in [-0.2, 0) is 25.6 Å². The third-order valence-corrected chi connectivity index (χ3v) is 3.18. The maximum Gasteiger partial charge on any atom is 0.407 e. The smallest absolute Gasteiger partial charge is 0.407 e. The summed E-state index contributed by atoms with van der Waals surface area (Å²) >= 11 is 0. The fourth-order valence-electron chi connectivity index (χ4n) is 1.57. The molecule has 0 fully saturated rings. The van der Waals surface area contributed by atoms with E-state index >= 15 is 0 Å². The molecule has 0 bridgehead atoms. The molecule has 0 aromatic heterocycles. The van der Waals surface area contributed by atoms with Crippen molar-refractivity contribution in [2.75, 3.05) is 32.5 Å². The summed E-state index contributed by atoms with van der Waals surface area (Å²) in [5, 5.41) is 5.65. The number of benzene rings is 1. The lowest BCUT2D eigenvalue weighted by atomic mass is 10.2. The molecule has 0 atom stereocenters. The first kappa shape index (κ1) is 26.6. The molecular weight excluding hydrogens is 356 g/mol. The second-order valence-corrected chi connectivity index (χ2v) is 6.26. The average molecular weight is 391 g/mol. The van der Waals surface area contributed by atoms with Gasteiger partial charge in [-0.25, -0.2) is 4.79 Å². The lowest BCUT2D eigenvalue weighted by Gasteiger charge is -2.08. The second kappa shape index (κ2) is 18.2. The van der Waals surface area contributed by atoms with Gasteiger partial charge in [0.15, 0.2) is 0 Å². The third-order valence-electron chi connectivity index (χ3n) is 2.59. The van der Waals surface area contributed by atoms with Crippen LogP contribution in [0.2, 0.25) is 0 Å². The fourth-order valence-corrected chi connectivity index (χ4v) is 1.95. The van der Waals surface area contributed by atoms with Gasteiger partial charge in [-0.3, -0.25) is 4.18 Å². The molecule has 0 spiro atoms. The van der Waals surface area contributed by atoms with Crippen molar-refractivity contribution >= 4 is 16.2 Å². The zero-order chi connectivity index (χ0) is 20.3. The molecule has 7 nitrogen and oxygen atoms in total. The van der Waals surface area contributed by atoms with Gasteiger partial charge in [-0.05, 0) is 18.5 Å². The average Bonchev–Trinajstić information content (AvgIpc) is 2.65. The lowest BCUT2D eigenvalue weighted by Crippen LogP contribution is -2.29. The van der Waals surface area contributed by atoms with Crippen molar-refractivity contribution in [3.63, 3.8) is 0 Å². The van der Waals surface area contributed by atoms with Crippen molar-refractivity contribution in [2.45, 2.75) is 40.7 Å². The van der Waals surface area contributed by atoms with Crippen LogP contribution in [0.3, 0.4) is 0 Å². The van der Waals surface area contributed by atoms with Gasteiger partial charge in [0, 0.05) is 13.1 Å². The Hall–Kier alpha value is -1.64. The fraction of sp³-hybridized carbons (Fsp3) is 0.611. The quantitative estimate of drug-likeness (QED) is 0.471. The zero-order valence-corrected chi connectivity index (χ0v) is 17.4. The number of carbonyl (C=O) groups excluding carboxylic acids is 1. The molecule has 8 heteroatoms. The van der Waals surface area contributed by atoms with Gasteiger partial charge in [0.05, 0.1) is 12.9 Å². The maximum atomic E-state index is 11.4. The molecular formula is C18H34N2O5S. The number of hydrogen-bond acceptors (Lipinski definition) is 6. The van der Waals surface area contributed by atoms with E-state index in [0.717, 1.165) is 11.8 Å². The predicted octanol–water partition coefficient (Wildman–Crippen LogP) is 2.92. The van der Waals surface area contributed by atoms with Crippen molar-refractivity contribution in [1.82, 2.24) is 10.6 Å². The standard InChI is InChI=1S/C14H22N2O5S.2C2H6/c1-22(18,19)21-11-10-15-8-5-9-16-14(17)20-12-13-6-3-2-4-7-13;2*1-2/h2-4,6-7,15H,5,8-12H2,1H3,(H,16,17);2*1-2H3. The van der Waals surface area contributed by atoms with Crippen LogP contribution >= 0.6 is 0 Å². The van der Waals surface area contributed by atoms with Crippen LogP contribution in [0.25, 0.3) is 0 Å². The molecule has 1 aromatic carbocycles. The van der Waals surface area contributed by atoms with E-state index < -0.39 is 16.2 Å². The molecule has 1 rings (SSSR count). The molecule has 152 valence electrons. The summed E-state index contributed by atoms with van der Waals surface area (Å²) in [6.45, 7) is 9.91. The van der Waals surface area contributed by atoms with Crippen molar-refractivity contribution in [3.05, 3.63) is 35.9 Å². The van der Waals surface area contributed by atoms with Gasteiger partial charge in [0.2, 0.25) is 0 Å². The molecule has 0 radical (unpaired) electrons. The van der Waals surface area contributed by atoms with Crippen LogP contribution < -0.4 is 10.6 Å². The van der Waals surface area contributed by atoms with Crippen LogP contribution in [0, 0.1) is 0 Å². The Morgan fingerprint density at radius 2 is 1.62 bits per heavy atom. The van der Waals surface area contributed by atoms with E-state index in [4.69, 9.17) is 4.74 Å². The molecule has 0 aliphatic rings. The van der Waals surface area contributed by atoms with Crippen molar-refractivity contribution in [3.8, 4) is 0 Å². The Morgan fingerprint density at radius 1 is 1.00 bits per heavy atom. The highest BCUT2D eigenvalue weighted by Crippen LogP contribution is 2.00. The van der Waals surface area contributed by atoms with Crippen LogP contribution in [0.4, 0.5) is 4.79 Å². The Labute approximate surface area is 158 Å². The molecule has 0 unspecified atom stereocenters. The molecule has 0 saturated carbocycles. The molecule has 2 N–H and O–H groups in total. The van der Waals surface area contributed by atoms with Crippen molar-refractivity contribution in [2.24, 2.45) is 0 Å². The number of nitrogens with one attached hydrogen (secondary N) is 2. The first-order valence-corrected chi connectivity index (χ1v) is 10.8. The zero-order valence-electron chi connectivity index (χ0n) is 16.6. The summed E-state index contributed by atoms with van der Waals surface area (Å²) in [4.78, 5) is 11.4. The van der Waals surface area contributed by atoms with Gasteiger partial charge in [-0.2, -0.15) is 8.42 Å². The molecule has 0 heterocycles. The first-order valence-electron chi connectivity index (χ1n) is 8.97. The number of ether oxygens (including phenoxy) is 1. The summed E-state index contributed by atoms with van der Waals surface area (Å²) in [5.74, 6) is 0. The number of rotatable bonds is 10. The SMILES string of the molecule is CC.CC.CS(=O)(=O)OCCNCCCNC(=O)OCc1ccccc1. The third kappa shape index (κ3) is 18.7. The van der Waals surface area contributed by atoms with Crippen molar-refractivity contribution < 1.29 is 22.1 Å². The van der Waals surface area contributed by atoms with E-state index in [1.165, 1.54) is 0 Å². The van der Waals surface area contributed by atoms with Crippen molar-refractivity contribution in [1.29, 1.82) is 0 Å². The molecule has 0 aliphatic carbocycles. The Morgan fingerprint density at radius 3 is 2.19 bits per heavy atom. The summed E-state index contributed by atoms with van der Waals surface area (Å²) < 4.78 is 31.0. The van der Waals surface area contributed by atoms with Crippen LogP contribution in [0.5, 0.6) is 0 Å². The topological polar surface area (TPSA) is 93.7 Å². The highest BCUT2D eigenvalue weighted by atomic mass is 32.2. The monoisotopic (exact) mass is 390 g/mol. The first-order chi connectivity index (χ1) is 12.5. The molecule has 1 amide bonds. The number of amides is 1. The highest BCUT2D eigenvalue weighted by molar-refractivity contribution is 7.85. The minimum Gasteiger partial charge on any atom is -0.445 e. The van der Waals surface area contributed by atoms with E-state index in [9.17, 15) is 13.2 Å². The van der Waals surface area contributed by atoms with E-state index in [0.29, 0.717) is 26.1 Å². The lowest BCUT2D eigenvalue weighted by molar-refractivity contribution is 0.139. The number of hydrogen-bond donors (Lipinski definition) is 2. The highest BCUT2D eigenvalue weighted by Gasteiger charge is 2.02. The summed E-state index contributed by atoms with van der Waals surface area (Å²) in [6, 6.07) is 9.44. The minimum atomic E-state index is -3.38. The molecule has 1 aromatic rings. The van der Waals surface area contributed by atoms with Gasteiger partial charge in [0.1, 0.15) is 6.61 Å². The van der Waals surface area contributed by atoms with E-state index in [1.807, 2.05) is 58.0 Å². The van der Waals surface area contributed by atoms with E-state index in [1.54, 1.807) is 0 Å². The van der Waals surface area contributed by atoms with Crippen LogP contribution in [-0.4, -0.2) is 47.0 Å². The van der Waals surface area contributed by atoms with Gasteiger partial charge in [0.25, 0.3) is 10.1 Å². The molecule has 26 heavy (non-hydrogen) atoms. The normalized spacial score (nSPS) is 9.88. The Kier molecular flexibility index (Phi) is 18.6. The minimum absolute atomic E-state index is 0.103. The van der Waals surface area contributed by atoms with Crippen LogP contribution in [0.1, 0.15) is 39.7 Å². The molecule has 0 saturated heterocycles. The van der Waals surface area contributed by atoms with E-state index in [2.05, 4.69) is 14.8 Å². The number of alkyl carbamates (subject to hydrolysis) is 1.